The van der Waals surface area contributed by atoms with E-state index in [9.17, 15) is 4.79 Å². The molecule has 0 amide bonds. The van der Waals surface area contributed by atoms with Crippen LogP contribution in [0, 0.1) is 6.92 Å². The highest BCUT2D eigenvalue weighted by Gasteiger charge is 2.13. The van der Waals surface area contributed by atoms with Gasteiger partial charge in [0.15, 0.2) is 0 Å². The second-order valence-corrected chi connectivity index (χ2v) is 4.98. The molecule has 1 rings (SSSR count). The Morgan fingerprint density at radius 3 is 2.47 bits per heavy atom. The summed E-state index contributed by atoms with van der Waals surface area (Å²) in [5.74, 6) is 0.304. The Hall–Kier alpha value is -0.630. The SMILES string of the molecule is CCCC(=O)C(Br)Cc1ccc(C)cc1. The number of hydrogen-bond donors (Lipinski definition) is 0. The van der Waals surface area contributed by atoms with Crippen LogP contribution in [0.4, 0.5) is 0 Å². The van der Waals surface area contributed by atoms with Crippen molar-refractivity contribution in [3.05, 3.63) is 35.4 Å². The van der Waals surface area contributed by atoms with Crippen LogP contribution in [0.25, 0.3) is 0 Å². The zero-order chi connectivity index (χ0) is 11.3. The molecule has 0 saturated heterocycles. The first-order valence-corrected chi connectivity index (χ1v) is 6.27. The summed E-state index contributed by atoms with van der Waals surface area (Å²) in [7, 11) is 0. The highest BCUT2D eigenvalue weighted by atomic mass is 79.9. The minimum Gasteiger partial charge on any atom is -0.298 e. The number of benzene rings is 1. The first-order valence-electron chi connectivity index (χ1n) is 5.35. The van der Waals surface area contributed by atoms with Crippen LogP contribution in [0.15, 0.2) is 24.3 Å². The second kappa shape index (κ2) is 6.06. The lowest BCUT2D eigenvalue weighted by Gasteiger charge is -2.08. The highest BCUT2D eigenvalue weighted by molar-refractivity contribution is 9.10. The van der Waals surface area contributed by atoms with Crippen molar-refractivity contribution in [2.45, 2.75) is 37.9 Å². The summed E-state index contributed by atoms with van der Waals surface area (Å²) >= 11 is 3.45. The minimum atomic E-state index is -0.0276. The Morgan fingerprint density at radius 1 is 1.33 bits per heavy atom. The van der Waals surface area contributed by atoms with Gasteiger partial charge in [-0.2, -0.15) is 0 Å². The van der Waals surface area contributed by atoms with E-state index in [2.05, 4.69) is 47.1 Å². The van der Waals surface area contributed by atoms with E-state index < -0.39 is 0 Å². The zero-order valence-electron chi connectivity index (χ0n) is 9.29. The van der Waals surface area contributed by atoms with Crippen molar-refractivity contribution in [2.75, 3.05) is 0 Å². The van der Waals surface area contributed by atoms with Gasteiger partial charge in [0, 0.05) is 6.42 Å². The number of carbonyl (C=O) groups is 1. The molecule has 82 valence electrons. The van der Waals surface area contributed by atoms with E-state index in [4.69, 9.17) is 0 Å². The molecule has 1 atom stereocenters. The van der Waals surface area contributed by atoms with E-state index >= 15 is 0 Å². The third-order valence-electron chi connectivity index (χ3n) is 2.38. The number of Topliss-reactive ketones (excluding diaryl/α,β-unsaturated/α-hetero) is 1. The molecular weight excluding hydrogens is 252 g/mol. The second-order valence-electron chi connectivity index (χ2n) is 3.87. The molecule has 0 spiro atoms. The Kier molecular flexibility index (Phi) is 5.03. The summed E-state index contributed by atoms with van der Waals surface area (Å²) in [4.78, 5) is 11.5. The van der Waals surface area contributed by atoms with Gasteiger partial charge in [-0.15, -0.1) is 0 Å². The van der Waals surface area contributed by atoms with Gasteiger partial charge in [0.2, 0.25) is 0 Å². The quantitative estimate of drug-likeness (QED) is 0.745. The first-order chi connectivity index (χ1) is 7.13. The smallest absolute Gasteiger partial charge is 0.146 e. The maximum Gasteiger partial charge on any atom is 0.146 e. The molecule has 0 aromatic heterocycles. The maximum atomic E-state index is 11.6. The molecule has 0 aliphatic rings. The standard InChI is InChI=1S/C13H17BrO/c1-3-4-13(15)12(14)9-11-7-5-10(2)6-8-11/h5-8,12H,3-4,9H2,1-2H3. The minimum absolute atomic E-state index is 0.0276. The molecule has 2 heteroatoms. The van der Waals surface area contributed by atoms with Crippen LogP contribution in [0.2, 0.25) is 0 Å². The van der Waals surface area contributed by atoms with Gasteiger partial charge in [-0.05, 0) is 25.3 Å². The molecule has 1 aromatic carbocycles. The number of aryl methyl sites for hydroxylation is 1. The number of halogens is 1. The molecule has 0 aliphatic heterocycles. The summed E-state index contributed by atoms with van der Waals surface area (Å²) < 4.78 is 0. The summed E-state index contributed by atoms with van der Waals surface area (Å²) in [5.41, 5.74) is 2.47. The zero-order valence-corrected chi connectivity index (χ0v) is 10.9. The van der Waals surface area contributed by atoms with Gasteiger partial charge in [-0.3, -0.25) is 4.79 Å². The van der Waals surface area contributed by atoms with E-state index in [-0.39, 0.29) is 4.83 Å². The number of carbonyl (C=O) groups excluding carboxylic acids is 1. The fraction of sp³-hybridized carbons (Fsp3) is 0.462. The largest absolute Gasteiger partial charge is 0.298 e. The summed E-state index contributed by atoms with van der Waals surface area (Å²) in [6, 6.07) is 8.34. The molecule has 1 aromatic rings. The Labute approximate surface area is 100 Å². The average molecular weight is 269 g/mol. The molecule has 0 saturated carbocycles. The average Bonchev–Trinajstić information content (AvgIpc) is 2.22. The van der Waals surface area contributed by atoms with E-state index in [1.807, 2.05) is 6.92 Å². The molecular formula is C13H17BrO. The fourth-order valence-electron chi connectivity index (χ4n) is 1.45. The van der Waals surface area contributed by atoms with E-state index in [0.717, 1.165) is 12.8 Å². The van der Waals surface area contributed by atoms with Crippen molar-refractivity contribution in [1.29, 1.82) is 0 Å². The van der Waals surface area contributed by atoms with Crippen LogP contribution in [-0.2, 0) is 11.2 Å². The number of alkyl halides is 1. The topological polar surface area (TPSA) is 17.1 Å². The molecule has 0 fully saturated rings. The van der Waals surface area contributed by atoms with E-state index in [1.165, 1.54) is 11.1 Å². The lowest BCUT2D eigenvalue weighted by Crippen LogP contribution is -2.16. The van der Waals surface area contributed by atoms with Crippen LogP contribution in [0.5, 0.6) is 0 Å². The van der Waals surface area contributed by atoms with Crippen molar-refractivity contribution in [2.24, 2.45) is 0 Å². The normalized spacial score (nSPS) is 12.5. The third kappa shape index (κ3) is 4.17. The molecule has 0 N–H and O–H groups in total. The van der Waals surface area contributed by atoms with Gasteiger partial charge in [-0.25, -0.2) is 0 Å². The lowest BCUT2D eigenvalue weighted by atomic mass is 10.0. The lowest BCUT2D eigenvalue weighted by molar-refractivity contribution is -0.118. The molecule has 0 radical (unpaired) electrons. The first kappa shape index (κ1) is 12.4. The summed E-state index contributed by atoms with van der Waals surface area (Å²) in [5, 5.41) is 0. The molecule has 0 heterocycles. The molecule has 1 nitrogen and oxygen atoms in total. The predicted octanol–water partition coefficient (Wildman–Crippen LogP) is 3.67. The monoisotopic (exact) mass is 268 g/mol. The summed E-state index contributed by atoms with van der Waals surface area (Å²) in [6.45, 7) is 4.10. The van der Waals surface area contributed by atoms with Gasteiger partial charge in [-0.1, -0.05) is 52.7 Å². The van der Waals surface area contributed by atoms with Crippen molar-refractivity contribution in [3.8, 4) is 0 Å². The highest BCUT2D eigenvalue weighted by Crippen LogP contribution is 2.14. The number of rotatable bonds is 5. The van der Waals surface area contributed by atoms with Crippen LogP contribution < -0.4 is 0 Å². The molecule has 0 aliphatic carbocycles. The van der Waals surface area contributed by atoms with Crippen LogP contribution >= 0.6 is 15.9 Å². The van der Waals surface area contributed by atoms with E-state index in [0.29, 0.717) is 12.2 Å². The summed E-state index contributed by atoms with van der Waals surface area (Å²) in [6.07, 6.45) is 2.38. The van der Waals surface area contributed by atoms with Gasteiger partial charge >= 0.3 is 0 Å². The predicted molar refractivity (Wildman–Crippen MR) is 67.5 cm³/mol. The van der Waals surface area contributed by atoms with Crippen molar-refractivity contribution >= 4 is 21.7 Å². The Bertz CT molecular complexity index is 316. The molecule has 0 bridgehead atoms. The van der Waals surface area contributed by atoms with Crippen molar-refractivity contribution < 1.29 is 4.79 Å². The molecule has 1 unspecified atom stereocenters. The van der Waals surface area contributed by atoms with Crippen LogP contribution in [-0.4, -0.2) is 10.6 Å². The van der Waals surface area contributed by atoms with Crippen molar-refractivity contribution in [1.82, 2.24) is 0 Å². The van der Waals surface area contributed by atoms with E-state index in [1.54, 1.807) is 0 Å². The fourth-order valence-corrected chi connectivity index (χ4v) is 2.05. The Balaban J connectivity index is 2.54. The number of hydrogen-bond acceptors (Lipinski definition) is 1. The number of ketones is 1. The Morgan fingerprint density at radius 2 is 1.93 bits per heavy atom. The van der Waals surface area contributed by atoms with Crippen LogP contribution in [0.1, 0.15) is 30.9 Å². The van der Waals surface area contributed by atoms with Crippen molar-refractivity contribution in [3.63, 3.8) is 0 Å². The van der Waals surface area contributed by atoms with Gasteiger partial charge in [0.1, 0.15) is 5.78 Å². The third-order valence-corrected chi connectivity index (χ3v) is 3.22. The maximum absolute atomic E-state index is 11.6. The van der Waals surface area contributed by atoms with Gasteiger partial charge < -0.3 is 0 Å². The van der Waals surface area contributed by atoms with Gasteiger partial charge in [0.25, 0.3) is 0 Å². The molecule has 15 heavy (non-hydrogen) atoms. The van der Waals surface area contributed by atoms with Crippen LogP contribution in [0.3, 0.4) is 0 Å². The van der Waals surface area contributed by atoms with Gasteiger partial charge in [0.05, 0.1) is 4.83 Å².